The van der Waals surface area contributed by atoms with Crippen molar-refractivity contribution in [2.45, 2.75) is 18.9 Å². The Balaban J connectivity index is 2.04. The number of carbonyl (C=O) groups excluding carboxylic acids is 2. The fourth-order valence-corrected chi connectivity index (χ4v) is 2.79. The van der Waals surface area contributed by atoms with Crippen LogP contribution in [0.1, 0.15) is 23.2 Å². The molecule has 7 heteroatoms. The minimum Gasteiger partial charge on any atom is -0.383 e. The highest BCUT2D eigenvalue weighted by atomic mass is 19.1. The van der Waals surface area contributed by atoms with Crippen molar-refractivity contribution < 1.29 is 18.7 Å². The summed E-state index contributed by atoms with van der Waals surface area (Å²) in [6, 6.07) is 4.67. The summed E-state index contributed by atoms with van der Waals surface area (Å²) in [6.45, 7) is 2.44. The lowest BCUT2D eigenvalue weighted by molar-refractivity contribution is -0.124. The summed E-state index contributed by atoms with van der Waals surface area (Å²) in [6.07, 6.45) is 1.62. The van der Waals surface area contributed by atoms with Crippen LogP contribution >= 0.6 is 0 Å². The lowest BCUT2D eigenvalue weighted by Gasteiger charge is -2.30. The third-order valence-electron chi connectivity index (χ3n) is 4.14. The zero-order valence-corrected chi connectivity index (χ0v) is 13.8. The average Bonchev–Trinajstić information content (AvgIpc) is 2.61. The van der Waals surface area contributed by atoms with Gasteiger partial charge in [0.2, 0.25) is 5.91 Å². The Morgan fingerprint density at radius 2 is 1.96 bits per heavy atom. The highest BCUT2D eigenvalue weighted by molar-refractivity contribution is 5.97. The second-order valence-electron chi connectivity index (χ2n) is 5.83. The molecule has 1 heterocycles. The Kier molecular flexibility index (Phi) is 7.14. The van der Waals surface area contributed by atoms with Crippen molar-refractivity contribution in [2.75, 3.05) is 33.4 Å². The van der Waals surface area contributed by atoms with Crippen molar-refractivity contribution in [2.24, 2.45) is 5.92 Å². The Bertz CT molecular complexity index is 545. The van der Waals surface area contributed by atoms with Crippen LogP contribution in [0.5, 0.6) is 0 Å². The molecule has 0 spiro atoms. The number of rotatable bonds is 7. The summed E-state index contributed by atoms with van der Waals surface area (Å²) in [4.78, 5) is 24.9. The van der Waals surface area contributed by atoms with Crippen LogP contribution in [0.3, 0.4) is 0 Å². The van der Waals surface area contributed by atoms with E-state index in [1.807, 2.05) is 0 Å². The van der Waals surface area contributed by atoms with E-state index < -0.39 is 11.9 Å². The number of carbonyl (C=O) groups is 2. The molecular formula is C17H24FN3O3. The fraction of sp³-hybridized carbons (Fsp3) is 0.529. The molecule has 6 nitrogen and oxygen atoms in total. The summed E-state index contributed by atoms with van der Waals surface area (Å²) in [5.74, 6) is -0.924. The number of hydrogen-bond acceptors (Lipinski definition) is 4. The molecule has 3 N–H and O–H groups in total. The molecule has 132 valence electrons. The molecule has 0 saturated carbocycles. The normalized spacial score (nSPS) is 16.4. The molecule has 1 saturated heterocycles. The van der Waals surface area contributed by atoms with Crippen LogP contribution in [0, 0.1) is 11.7 Å². The van der Waals surface area contributed by atoms with Gasteiger partial charge < -0.3 is 20.7 Å². The van der Waals surface area contributed by atoms with Crippen molar-refractivity contribution in [3.05, 3.63) is 35.6 Å². The van der Waals surface area contributed by atoms with Crippen molar-refractivity contribution >= 4 is 11.8 Å². The molecule has 0 aromatic heterocycles. The van der Waals surface area contributed by atoms with Crippen LogP contribution in [-0.4, -0.2) is 51.2 Å². The van der Waals surface area contributed by atoms with E-state index in [9.17, 15) is 14.0 Å². The summed E-state index contributed by atoms with van der Waals surface area (Å²) in [7, 11) is 1.56. The average molecular weight is 337 g/mol. The van der Waals surface area contributed by atoms with E-state index in [0.717, 1.165) is 25.9 Å². The SMILES string of the molecule is COCCNC(=O)C(NC(=O)c1ccc(F)cc1)C1CCNCC1. The monoisotopic (exact) mass is 337 g/mol. The van der Waals surface area contributed by atoms with E-state index in [0.29, 0.717) is 18.7 Å². The molecule has 0 bridgehead atoms. The van der Waals surface area contributed by atoms with Crippen LogP contribution in [-0.2, 0) is 9.53 Å². The summed E-state index contributed by atoms with van der Waals surface area (Å²) in [5, 5.41) is 8.84. The first-order chi connectivity index (χ1) is 11.6. The molecule has 1 aromatic carbocycles. The standard InChI is InChI=1S/C17H24FN3O3/c1-24-11-10-20-17(23)15(12-6-8-19-9-7-12)21-16(22)13-2-4-14(18)5-3-13/h2-5,12,15,19H,6-11H2,1H3,(H,20,23)(H,21,22). The third-order valence-corrected chi connectivity index (χ3v) is 4.14. The summed E-state index contributed by atoms with van der Waals surface area (Å²) >= 11 is 0. The molecule has 1 atom stereocenters. The zero-order chi connectivity index (χ0) is 17.4. The van der Waals surface area contributed by atoms with Crippen LogP contribution in [0.15, 0.2) is 24.3 Å². The number of halogens is 1. The van der Waals surface area contributed by atoms with E-state index in [1.54, 1.807) is 7.11 Å². The van der Waals surface area contributed by atoms with Gasteiger partial charge in [0, 0.05) is 19.2 Å². The quantitative estimate of drug-likeness (QED) is 0.640. The lowest BCUT2D eigenvalue weighted by atomic mass is 9.89. The van der Waals surface area contributed by atoms with Gasteiger partial charge in [-0.15, -0.1) is 0 Å². The van der Waals surface area contributed by atoms with Gasteiger partial charge in [-0.1, -0.05) is 0 Å². The number of nitrogens with one attached hydrogen (secondary N) is 3. The van der Waals surface area contributed by atoms with Gasteiger partial charge in [-0.25, -0.2) is 4.39 Å². The molecule has 2 rings (SSSR count). The van der Waals surface area contributed by atoms with Crippen LogP contribution in [0.25, 0.3) is 0 Å². The maximum atomic E-state index is 13.0. The zero-order valence-electron chi connectivity index (χ0n) is 13.8. The second-order valence-corrected chi connectivity index (χ2v) is 5.83. The molecular weight excluding hydrogens is 313 g/mol. The molecule has 0 aliphatic carbocycles. The highest BCUT2D eigenvalue weighted by Gasteiger charge is 2.30. The number of hydrogen-bond donors (Lipinski definition) is 3. The van der Waals surface area contributed by atoms with Gasteiger partial charge in [0.05, 0.1) is 6.61 Å². The molecule has 1 fully saturated rings. The summed E-state index contributed by atoms with van der Waals surface area (Å²) in [5.41, 5.74) is 0.333. The Hall–Kier alpha value is -1.99. The maximum Gasteiger partial charge on any atom is 0.251 e. The molecule has 2 amide bonds. The van der Waals surface area contributed by atoms with E-state index >= 15 is 0 Å². The minimum absolute atomic E-state index is 0.0678. The first-order valence-electron chi connectivity index (χ1n) is 8.15. The molecule has 1 aliphatic heterocycles. The van der Waals surface area contributed by atoms with Gasteiger partial charge in [0.25, 0.3) is 5.91 Å². The largest absolute Gasteiger partial charge is 0.383 e. The second kappa shape index (κ2) is 9.34. The summed E-state index contributed by atoms with van der Waals surface area (Å²) < 4.78 is 17.9. The highest BCUT2D eigenvalue weighted by Crippen LogP contribution is 2.17. The van der Waals surface area contributed by atoms with Gasteiger partial charge in [0.15, 0.2) is 0 Å². The van der Waals surface area contributed by atoms with Gasteiger partial charge in [-0.05, 0) is 56.1 Å². The maximum absolute atomic E-state index is 13.0. The smallest absolute Gasteiger partial charge is 0.251 e. The Morgan fingerprint density at radius 3 is 2.58 bits per heavy atom. The number of methoxy groups -OCH3 is 1. The van der Waals surface area contributed by atoms with Crippen LogP contribution < -0.4 is 16.0 Å². The van der Waals surface area contributed by atoms with Crippen molar-refractivity contribution in [1.82, 2.24) is 16.0 Å². The third kappa shape index (κ3) is 5.28. The molecule has 1 unspecified atom stereocenters. The molecule has 24 heavy (non-hydrogen) atoms. The number of piperidine rings is 1. The van der Waals surface area contributed by atoms with Crippen molar-refractivity contribution in [3.8, 4) is 0 Å². The van der Waals surface area contributed by atoms with E-state index in [4.69, 9.17) is 4.74 Å². The molecule has 1 aromatic rings. The number of benzene rings is 1. The Morgan fingerprint density at radius 1 is 1.29 bits per heavy atom. The van der Waals surface area contributed by atoms with E-state index in [2.05, 4.69) is 16.0 Å². The fourth-order valence-electron chi connectivity index (χ4n) is 2.79. The number of amides is 2. The molecule has 0 radical (unpaired) electrons. The first kappa shape index (κ1) is 18.4. The Labute approximate surface area is 141 Å². The van der Waals surface area contributed by atoms with Gasteiger partial charge in [0.1, 0.15) is 11.9 Å². The predicted molar refractivity (Wildman–Crippen MR) is 88.1 cm³/mol. The van der Waals surface area contributed by atoms with Gasteiger partial charge in [-0.2, -0.15) is 0 Å². The van der Waals surface area contributed by atoms with Gasteiger partial charge >= 0.3 is 0 Å². The van der Waals surface area contributed by atoms with Gasteiger partial charge in [-0.3, -0.25) is 9.59 Å². The topological polar surface area (TPSA) is 79.5 Å². The van der Waals surface area contributed by atoms with Crippen molar-refractivity contribution in [1.29, 1.82) is 0 Å². The van der Waals surface area contributed by atoms with E-state index in [-0.39, 0.29) is 17.7 Å². The number of ether oxygens (including phenoxy) is 1. The van der Waals surface area contributed by atoms with E-state index in [1.165, 1.54) is 24.3 Å². The van der Waals surface area contributed by atoms with Crippen LogP contribution in [0.2, 0.25) is 0 Å². The molecule has 1 aliphatic rings. The lowest BCUT2D eigenvalue weighted by Crippen LogP contribution is -2.53. The van der Waals surface area contributed by atoms with Crippen molar-refractivity contribution in [3.63, 3.8) is 0 Å². The van der Waals surface area contributed by atoms with Crippen LogP contribution in [0.4, 0.5) is 4.39 Å². The first-order valence-corrected chi connectivity index (χ1v) is 8.15. The minimum atomic E-state index is -0.610. The predicted octanol–water partition coefficient (Wildman–Crippen LogP) is 0.686.